The number of hydrogen-bond donors (Lipinski definition) is 1. The molecule has 3 rings (SSSR count). The summed E-state index contributed by atoms with van der Waals surface area (Å²) >= 11 is 1.67. The number of aromatic amines is 1. The van der Waals surface area contributed by atoms with Crippen LogP contribution in [0.2, 0.25) is 0 Å². The van der Waals surface area contributed by atoms with Crippen LogP contribution in [0, 0.1) is 0 Å². The van der Waals surface area contributed by atoms with Crippen molar-refractivity contribution in [2.24, 2.45) is 0 Å². The average molecular weight is 201 g/mol. The molecule has 0 saturated carbocycles. The summed E-state index contributed by atoms with van der Waals surface area (Å²) in [6.45, 7) is 0. The summed E-state index contributed by atoms with van der Waals surface area (Å²) in [5.41, 5.74) is 3.07. The second-order valence-electron chi connectivity index (χ2n) is 2.99. The van der Waals surface area contributed by atoms with E-state index in [1.54, 1.807) is 23.7 Å². The zero-order valence-electron chi connectivity index (χ0n) is 7.27. The van der Waals surface area contributed by atoms with E-state index in [-0.39, 0.29) is 0 Å². The van der Waals surface area contributed by atoms with Crippen molar-refractivity contribution in [3.05, 3.63) is 35.3 Å². The van der Waals surface area contributed by atoms with Gasteiger partial charge < -0.3 is 4.98 Å². The molecule has 0 aliphatic heterocycles. The predicted octanol–water partition coefficient (Wildman–Crippen LogP) is 2.69. The number of imidazole rings is 1. The first-order chi connectivity index (χ1) is 6.93. The Bertz CT molecular complexity index is 521. The summed E-state index contributed by atoms with van der Waals surface area (Å²) in [5, 5.41) is 4.12. The number of nitrogens with zero attached hydrogens (tertiary/aromatic N) is 2. The molecule has 0 bridgehead atoms. The molecule has 0 amide bonds. The van der Waals surface area contributed by atoms with Crippen molar-refractivity contribution in [3.8, 4) is 11.4 Å². The molecule has 0 spiro atoms. The lowest BCUT2D eigenvalue weighted by atomic mass is 10.3. The van der Waals surface area contributed by atoms with E-state index in [0.29, 0.717) is 0 Å². The number of hydrogen-bond acceptors (Lipinski definition) is 3. The van der Waals surface area contributed by atoms with E-state index in [2.05, 4.69) is 26.4 Å². The minimum atomic E-state index is 0.911. The maximum atomic E-state index is 4.47. The van der Waals surface area contributed by atoms with Crippen molar-refractivity contribution >= 4 is 22.4 Å². The molecule has 3 heterocycles. The standard InChI is InChI=1S/C10H7N3S/c1-3-11-5-9-8(1)12-10(13-9)7-2-4-14-6-7/h1-6H,(H,12,13). The Labute approximate surface area is 84.5 Å². The van der Waals surface area contributed by atoms with Gasteiger partial charge in [0.25, 0.3) is 0 Å². The maximum absolute atomic E-state index is 4.47. The van der Waals surface area contributed by atoms with Crippen molar-refractivity contribution in [2.45, 2.75) is 0 Å². The number of pyridine rings is 1. The van der Waals surface area contributed by atoms with E-state index < -0.39 is 0 Å². The molecule has 3 aromatic rings. The lowest BCUT2D eigenvalue weighted by molar-refractivity contribution is 1.33. The summed E-state index contributed by atoms with van der Waals surface area (Å²) in [6.07, 6.45) is 3.54. The molecule has 4 heteroatoms. The zero-order valence-corrected chi connectivity index (χ0v) is 8.08. The van der Waals surface area contributed by atoms with Gasteiger partial charge in [-0.2, -0.15) is 11.3 Å². The topological polar surface area (TPSA) is 41.6 Å². The molecule has 0 aromatic carbocycles. The van der Waals surface area contributed by atoms with Gasteiger partial charge in [0.15, 0.2) is 0 Å². The van der Waals surface area contributed by atoms with E-state index in [0.717, 1.165) is 22.4 Å². The first-order valence-corrected chi connectivity index (χ1v) is 5.20. The molecule has 68 valence electrons. The molecular formula is C10H7N3S. The van der Waals surface area contributed by atoms with Crippen LogP contribution in [-0.4, -0.2) is 15.0 Å². The number of nitrogens with one attached hydrogen (secondary N) is 1. The Morgan fingerprint density at radius 2 is 2.29 bits per heavy atom. The third kappa shape index (κ3) is 1.12. The smallest absolute Gasteiger partial charge is 0.139 e. The molecule has 3 aromatic heterocycles. The Balaban J connectivity index is 2.24. The van der Waals surface area contributed by atoms with Gasteiger partial charge in [-0.05, 0) is 17.5 Å². The maximum Gasteiger partial charge on any atom is 0.139 e. The molecular weight excluding hydrogens is 194 g/mol. The third-order valence-electron chi connectivity index (χ3n) is 2.08. The molecule has 1 N–H and O–H groups in total. The Morgan fingerprint density at radius 1 is 1.29 bits per heavy atom. The number of aromatic nitrogens is 3. The number of rotatable bonds is 1. The quantitative estimate of drug-likeness (QED) is 0.657. The summed E-state index contributed by atoms with van der Waals surface area (Å²) in [4.78, 5) is 11.7. The van der Waals surface area contributed by atoms with E-state index in [1.165, 1.54) is 0 Å². The molecule has 3 nitrogen and oxygen atoms in total. The minimum Gasteiger partial charge on any atom is -0.337 e. The van der Waals surface area contributed by atoms with Gasteiger partial charge in [0.1, 0.15) is 5.82 Å². The first kappa shape index (κ1) is 7.70. The number of H-pyrrole nitrogens is 1. The van der Waals surface area contributed by atoms with E-state index in [9.17, 15) is 0 Å². The molecule has 0 saturated heterocycles. The molecule has 0 unspecified atom stereocenters. The van der Waals surface area contributed by atoms with Gasteiger partial charge in [0.05, 0.1) is 17.2 Å². The molecule has 0 radical (unpaired) electrons. The lowest BCUT2D eigenvalue weighted by Gasteiger charge is -1.86. The normalized spacial score (nSPS) is 10.9. The Kier molecular flexibility index (Phi) is 1.61. The Hall–Kier alpha value is -1.68. The second kappa shape index (κ2) is 2.92. The summed E-state index contributed by atoms with van der Waals surface area (Å²) in [7, 11) is 0. The molecule has 0 aliphatic carbocycles. The summed E-state index contributed by atoms with van der Waals surface area (Å²) in [5.74, 6) is 0.911. The van der Waals surface area contributed by atoms with Crippen LogP contribution >= 0.6 is 11.3 Å². The predicted molar refractivity (Wildman–Crippen MR) is 57.2 cm³/mol. The number of fused-ring (bicyclic) bond motifs is 1. The van der Waals surface area contributed by atoms with E-state index >= 15 is 0 Å². The molecule has 0 fully saturated rings. The molecule has 0 atom stereocenters. The van der Waals surface area contributed by atoms with Crippen LogP contribution in [0.15, 0.2) is 35.3 Å². The lowest BCUT2D eigenvalue weighted by Crippen LogP contribution is -1.73. The highest BCUT2D eigenvalue weighted by molar-refractivity contribution is 7.08. The van der Waals surface area contributed by atoms with E-state index in [1.807, 2.05) is 11.4 Å². The van der Waals surface area contributed by atoms with Crippen LogP contribution in [-0.2, 0) is 0 Å². The fourth-order valence-electron chi connectivity index (χ4n) is 1.39. The molecule has 0 aliphatic rings. The zero-order chi connectivity index (χ0) is 9.38. The second-order valence-corrected chi connectivity index (χ2v) is 3.77. The number of thiophene rings is 1. The van der Waals surface area contributed by atoms with Crippen LogP contribution in [0.25, 0.3) is 22.4 Å². The van der Waals surface area contributed by atoms with Gasteiger partial charge in [0, 0.05) is 17.1 Å². The third-order valence-corrected chi connectivity index (χ3v) is 2.76. The van der Waals surface area contributed by atoms with Gasteiger partial charge in [-0.1, -0.05) is 0 Å². The van der Waals surface area contributed by atoms with Crippen molar-refractivity contribution in [3.63, 3.8) is 0 Å². The van der Waals surface area contributed by atoms with Crippen LogP contribution in [0.4, 0.5) is 0 Å². The van der Waals surface area contributed by atoms with Crippen LogP contribution in [0.3, 0.4) is 0 Å². The highest BCUT2D eigenvalue weighted by Gasteiger charge is 2.04. The van der Waals surface area contributed by atoms with Gasteiger partial charge in [-0.25, -0.2) is 4.98 Å². The van der Waals surface area contributed by atoms with Gasteiger partial charge in [-0.15, -0.1) is 0 Å². The van der Waals surface area contributed by atoms with E-state index in [4.69, 9.17) is 0 Å². The minimum absolute atomic E-state index is 0.911. The van der Waals surface area contributed by atoms with Crippen LogP contribution in [0.1, 0.15) is 0 Å². The summed E-state index contributed by atoms with van der Waals surface area (Å²) < 4.78 is 0. The average Bonchev–Trinajstić information content (AvgIpc) is 2.86. The fraction of sp³-hybridized carbons (Fsp3) is 0. The highest BCUT2D eigenvalue weighted by atomic mass is 32.1. The highest BCUT2D eigenvalue weighted by Crippen LogP contribution is 2.21. The van der Waals surface area contributed by atoms with Gasteiger partial charge in [-0.3, -0.25) is 4.98 Å². The monoisotopic (exact) mass is 201 g/mol. The Morgan fingerprint density at radius 3 is 3.07 bits per heavy atom. The van der Waals surface area contributed by atoms with Crippen molar-refractivity contribution in [2.75, 3.05) is 0 Å². The van der Waals surface area contributed by atoms with Crippen molar-refractivity contribution < 1.29 is 0 Å². The summed E-state index contributed by atoms with van der Waals surface area (Å²) in [6, 6.07) is 3.96. The van der Waals surface area contributed by atoms with Crippen LogP contribution < -0.4 is 0 Å². The van der Waals surface area contributed by atoms with Gasteiger partial charge >= 0.3 is 0 Å². The van der Waals surface area contributed by atoms with Gasteiger partial charge in [0.2, 0.25) is 0 Å². The van der Waals surface area contributed by atoms with Crippen LogP contribution in [0.5, 0.6) is 0 Å². The largest absolute Gasteiger partial charge is 0.337 e. The van der Waals surface area contributed by atoms with Crippen molar-refractivity contribution in [1.29, 1.82) is 0 Å². The first-order valence-electron chi connectivity index (χ1n) is 4.26. The fourth-order valence-corrected chi connectivity index (χ4v) is 2.03. The van der Waals surface area contributed by atoms with Crippen molar-refractivity contribution in [1.82, 2.24) is 15.0 Å². The molecule has 14 heavy (non-hydrogen) atoms. The SMILES string of the molecule is c1cc2nc(-c3ccsc3)[nH]c2cn1.